The van der Waals surface area contributed by atoms with Gasteiger partial charge in [-0.25, -0.2) is 0 Å². The predicted octanol–water partition coefficient (Wildman–Crippen LogP) is 1.99. The molecule has 1 saturated carbocycles. The molecule has 0 radical (unpaired) electrons. The zero-order valence-electron chi connectivity index (χ0n) is 9.12. The van der Waals surface area contributed by atoms with E-state index in [-0.39, 0.29) is 17.7 Å². The van der Waals surface area contributed by atoms with Gasteiger partial charge in [0, 0.05) is 24.2 Å². The van der Waals surface area contributed by atoms with Crippen molar-refractivity contribution in [1.82, 2.24) is 0 Å². The number of amides is 2. The van der Waals surface area contributed by atoms with Crippen LogP contribution >= 0.6 is 0 Å². The Bertz CT molecular complexity index is 425. The van der Waals surface area contributed by atoms with E-state index in [1.165, 1.54) is 6.92 Å². The number of hydrogen-bond donors (Lipinski definition) is 2. The molecule has 84 valence electrons. The summed E-state index contributed by atoms with van der Waals surface area (Å²) < 4.78 is 0. The van der Waals surface area contributed by atoms with E-state index in [2.05, 4.69) is 10.6 Å². The van der Waals surface area contributed by atoms with Gasteiger partial charge in [0.25, 0.3) is 0 Å². The summed E-state index contributed by atoms with van der Waals surface area (Å²) in [6.07, 6.45) is 1.97. The molecule has 16 heavy (non-hydrogen) atoms. The van der Waals surface area contributed by atoms with Crippen LogP contribution in [-0.4, -0.2) is 11.8 Å². The fraction of sp³-hybridized carbons (Fsp3) is 0.333. The summed E-state index contributed by atoms with van der Waals surface area (Å²) in [5.41, 5.74) is 1.42. The topological polar surface area (TPSA) is 58.2 Å². The Morgan fingerprint density at radius 1 is 1.19 bits per heavy atom. The Balaban J connectivity index is 2.03. The van der Waals surface area contributed by atoms with E-state index >= 15 is 0 Å². The smallest absolute Gasteiger partial charge is 0.227 e. The van der Waals surface area contributed by atoms with Crippen molar-refractivity contribution in [2.75, 3.05) is 10.6 Å². The van der Waals surface area contributed by atoms with Gasteiger partial charge >= 0.3 is 0 Å². The molecule has 1 fully saturated rings. The molecule has 1 aliphatic carbocycles. The first-order valence-electron chi connectivity index (χ1n) is 5.33. The lowest BCUT2D eigenvalue weighted by Crippen LogP contribution is -2.13. The monoisotopic (exact) mass is 218 g/mol. The van der Waals surface area contributed by atoms with Crippen LogP contribution in [0, 0.1) is 5.92 Å². The van der Waals surface area contributed by atoms with Crippen LogP contribution in [0.4, 0.5) is 11.4 Å². The molecule has 0 saturated heterocycles. The van der Waals surface area contributed by atoms with Crippen molar-refractivity contribution in [2.45, 2.75) is 19.8 Å². The molecular formula is C12H14N2O2. The largest absolute Gasteiger partial charge is 0.326 e. The van der Waals surface area contributed by atoms with Crippen LogP contribution in [0.25, 0.3) is 0 Å². The normalized spacial score (nSPS) is 14.3. The van der Waals surface area contributed by atoms with Crippen LogP contribution < -0.4 is 10.6 Å². The van der Waals surface area contributed by atoms with Crippen molar-refractivity contribution in [2.24, 2.45) is 5.92 Å². The van der Waals surface area contributed by atoms with Crippen LogP contribution in [0.15, 0.2) is 24.3 Å². The summed E-state index contributed by atoms with van der Waals surface area (Å²) in [6, 6.07) is 7.15. The average molecular weight is 218 g/mol. The molecule has 4 heteroatoms. The molecule has 2 N–H and O–H groups in total. The first-order valence-corrected chi connectivity index (χ1v) is 5.33. The van der Waals surface area contributed by atoms with Crippen molar-refractivity contribution >= 4 is 23.2 Å². The van der Waals surface area contributed by atoms with Crippen molar-refractivity contribution in [1.29, 1.82) is 0 Å². The molecule has 4 nitrogen and oxygen atoms in total. The predicted molar refractivity (Wildman–Crippen MR) is 62.1 cm³/mol. The van der Waals surface area contributed by atoms with E-state index < -0.39 is 0 Å². The van der Waals surface area contributed by atoms with Crippen LogP contribution in [0.5, 0.6) is 0 Å². The standard InChI is InChI=1S/C12H14N2O2/c1-8(15)13-10-3-2-4-11(7-10)14-12(16)9-5-6-9/h2-4,7,9H,5-6H2,1H3,(H,13,15)(H,14,16). The van der Waals surface area contributed by atoms with Crippen LogP contribution in [0.1, 0.15) is 19.8 Å². The van der Waals surface area contributed by atoms with Gasteiger partial charge in [-0.1, -0.05) is 6.07 Å². The molecule has 0 spiro atoms. The van der Waals surface area contributed by atoms with E-state index in [1.807, 2.05) is 6.07 Å². The SMILES string of the molecule is CC(=O)Nc1cccc(NC(=O)C2CC2)c1. The number of carbonyl (C=O) groups is 2. The molecule has 0 aliphatic heterocycles. The molecule has 1 aromatic rings. The quantitative estimate of drug-likeness (QED) is 0.815. The highest BCUT2D eigenvalue weighted by molar-refractivity contribution is 5.95. The highest BCUT2D eigenvalue weighted by Crippen LogP contribution is 2.30. The van der Waals surface area contributed by atoms with Gasteiger partial charge in [-0.15, -0.1) is 0 Å². The van der Waals surface area contributed by atoms with Gasteiger partial charge in [-0.3, -0.25) is 9.59 Å². The minimum atomic E-state index is -0.120. The average Bonchev–Trinajstić information content (AvgIpc) is 2.99. The van der Waals surface area contributed by atoms with E-state index in [4.69, 9.17) is 0 Å². The number of nitrogens with one attached hydrogen (secondary N) is 2. The Hall–Kier alpha value is -1.84. The third kappa shape index (κ3) is 2.82. The number of benzene rings is 1. The molecule has 0 atom stereocenters. The maximum atomic E-state index is 11.5. The van der Waals surface area contributed by atoms with Crippen molar-refractivity contribution in [3.63, 3.8) is 0 Å². The van der Waals surface area contributed by atoms with E-state index in [0.717, 1.165) is 18.5 Å². The molecule has 2 rings (SSSR count). The third-order valence-corrected chi connectivity index (χ3v) is 2.40. The maximum Gasteiger partial charge on any atom is 0.227 e. The third-order valence-electron chi connectivity index (χ3n) is 2.40. The molecular weight excluding hydrogens is 204 g/mol. The van der Waals surface area contributed by atoms with E-state index in [9.17, 15) is 9.59 Å². The van der Waals surface area contributed by atoms with Crippen molar-refractivity contribution < 1.29 is 9.59 Å². The summed E-state index contributed by atoms with van der Waals surface area (Å²) >= 11 is 0. The fourth-order valence-electron chi connectivity index (χ4n) is 1.47. The van der Waals surface area contributed by atoms with E-state index in [1.54, 1.807) is 18.2 Å². The van der Waals surface area contributed by atoms with Crippen LogP contribution in [-0.2, 0) is 9.59 Å². The number of rotatable bonds is 3. The lowest BCUT2D eigenvalue weighted by atomic mass is 10.2. The second-order valence-electron chi connectivity index (χ2n) is 4.03. The Morgan fingerprint density at radius 3 is 2.38 bits per heavy atom. The van der Waals surface area contributed by atoms with Crippen LogP contribution in [0.2, 0.25) is 0 Å². The highest BCUT2D eigenvalue weighted by atomic mass is 16.2. The van der Waals surface area contributed by atoms with Gasteiger partial charge < -0.3 is 10.6 Å². The van der Waals surface area contributed by atoms with E-state index in [0.29, 0.717) is 5.69 Å². The molecule has 1 aliphatic rings. The number of hydrogen-bond acceptors (Lipinski definition) is 2. The first kappa shape index (κ1) is 10.7. The summed E-state index contributed by atoms with van der Waals surface area (Å²) in [5.74, 6) is 0.134. The highest BCUT2D eigenvalue weighted by Gasteiger charge is 2.29. The van der Waals surface area contributed by atoms with Gasteiger partial charge in [0.1, 0.15) is 0 Å². The minimum absolute atomic E-state index is 0.0694. The molecule has 0 bridgehead atoms. The Morgan fingerprint density at radius 2 is 1.81 bits per heavy atom. The van der Waals surface area contributed by atoms with Gasteiger partial charge in [0.2, 0.25) is 11.8 Å². The zero-order valence-corrected chi connectivity index (χ0v) is 9.12. The Kier molecular flexibility index (Phi) is 2.90. The van der Waals surface area contributed by atoms with Gasteiger partial charge in [-0.05, 0) is 31.0 Å². The second kappa shape index (κ2) is 4.35. The van der Waals surface area contributed by atoms with Gasteiger partial charge in [0.15, 0.2) is 0 Å². The van der Waals surface area contributed by atoms with Gasteiger partial charge in [0.05, 0.1) is 0 Å². The summed E-state index contributed by atoms with van der Waals surface area (Å²) in [7, 11) is 0. The summed E-state index contributed by atoms with van der Waals surface area (Å²) in [6.45, 7) is 1.45. The molecule has 0 unspecified atom stereocenters. The number of carbonyl (C=O) groups excluding carboxylic acids is 2. The number of anilines is 2. The van der Waals surface area contributed by atoms with Crippen LogP contribution in [0.3, 0.4) is 0 Å². The fourth-order valence-corrected chi connectivity index (χ4v) is 1.47. The minimum Gasteiger partial charge on any atom is -0.326 e. The lowest BCUT2D eigenvalue weighted by Gasteiger charge is -2.07. The maximum absolute atomic E-state index is 11.5. The van der Waals surface area contributed by atoms with Crippen molar-refractivity contribution in [3.8, 4) is 0 Å². The summed E-state index contributed by atoms with van der Waals surface area (Å²) in [5, 5.41) is 5.50. The lowest BCUT2D eigenvalue weighted by molar-refractivity contribution is -0.117. The molecule has 1 aromatic carbocycles. The second-order valence-corrected chi connectivity index (χ2v) is 4.03. The first-order chi connectivity index (χ1) is 7.65. The molecule has 2 amide bonds. The summed E-state index contributed by atoms with van der Waals surface area (Å²) in [4.78, 5) is 22.4. The molecule has 0 heterocycles. The van der Waals surface area contributed by atoms with Crippen molar-refractivity contribution in [3.05, 3.63) is 24.3 Å². The molecule has 0 aromatic heterocycles. The van der Waals surface area contributed by atoms with Gasteiger partial charge in [-0.2, -0.15) is 0 Å². The Labute approximate surface area is 94.0 Å². The zero-order chi connectivity index (χ0) is 11.5.